The third-order valence-corrected chi connectivity index (χ3v) is 4.40. The van der Waals surface area contributed by atoms with Crippen molar-refractivity contribution in [3.05, 3.63) is 24.0 Å². The molecule has 0 aliphatic carbocycles. The van der Waals surface area contributed by atoms with Crippen molar-refractivity contribution in [2.75, 3.05) is 33.0 Å². The first-order valence-electron chi connectivity index (χ1n) is 5.40. The molecule has 0 aromatic heterocycles. The highest BCUT2D eigenvalue weighted by atomic mass is 32.2. The fourth-order valence-electron chi connectivity index (χ4n) is 1.45. The maximum absolute atomic E-state index is 13.1. The van der Waals surface area contributed by atoms with Crippen molar-refractivity contribution in [3.8, 4) is 0 Å². The van der Waals surface area contributed by atoms with Crippen molar-refractivity contribution in [3.63, 3.8) is 0 Å². The van der Waals surface area contributed by atoms with Crippen LogP contribution < -0.4 is 5.73 Å². The molecule has 0 aliphatic rings. The topological polar surface area (TPSA) is 72.6 Å². The van der Waals surface area contributed by atoms with Gasteiger partial charge >= 0.3 is 0 Å². The molecule has 0 spiro atoms. The molecular weight excluding hydrogens is 259 g/mol. The van der Waals surface area contributed by atoms with Gasteiger partial charge in [0, 0.05) is 27.3 Å². The van der Waals surface area contributed by atoms with E-state index in [0.717, 1.165) is 16.4 Å². The van der Waals surface area contributed by atoms with Crippen LogP contribution in [0, 0.1) is 5.82 Å². The molecule has 0 unspecified atom stereocenters. The fourth-order valence-corrected chi connectivity index (χ4v) is 2.78. The zero-order valence-corrected chi connectivity index (χ0v) is 11.2. The van der Waals surface area contributed by atoms with Gasteiger partial charge in [0.25, 0.3) is 0 Å². The highest BCUT2D eigenvalue weighted by Gasteiger charge is 2.23. The van der Waals surface area contributed by atoms with Gasteiger partial charge in [0.15, 0.2) is 0 Å². The highest BCUT2D eigenvalue weighted by molar-refractivity contribution is 7.89. The molecule has 2 N–H and O–H groups in total. The van der Waals surface area contributed by atoms with Crippen molar-refractivity contribution in [2.24, 2.45) is 0 Å². The van der Waals surface area contributed by atoms with Crippen molar-refractivity contribution in [1.82, 2.24) is 4.31 Å². The molecule has 7 heteroatoms. The molecule has 1 aromatic rings. The number of hydrogen-bond acceptors (Lipinski definition) is 4. The van der Waals surface area contributed by atoms with Crippen molar-refractivity contribution in [1.29, 1.82) is 0 Å². The molecule has 5 nitrogen and oxygen atoms in total. The minimum absolute atomic E-state index is 0.0370. The molecule has 0 bridgehead atoms. The van der Waals surface area contributed by atoms with E-state index in [4.69, 9.17) is 10.5 Å². The van der Waals surface area contributed by atoms with Gasteiger partial charge in [-0.05, 0) is 24.6 Å². The maximum atomic E-state index is 13.1. The minimum atomic E-state index is -3.76. The Hall–Kier alpha value is -1.18. The summed E-state index contributed by atoms with van der Waals surface area (Å²) in [4.78, 5) is -0.206. The molecule has 0 aliphatic heterocycles. The second-order valence-corrected chi connectivity index (χ2v) is 5.87. The van der Waals surface area contributed by atoms with Crippen LogP contribution in [-0.4, -0.2) is 40.0 Å². The maximum Gasteiger partial charge on any atom is 0.244 e. The van der Waals surface area contributed by atoms with Crippen molar-refractivity contribution < 1.29 is 17.5 Å². The van der Waals surface area contributed by atoms with E-state index in [2.05, 4.69) is 0 Å². The van der Waals surface area contributed by atoms with Gasteiger partial charge in [0.1, 0.15) is 10.7 Å². The number of ether oxygens (including phenoxy) is 1. The molecule has 102 valence electrons. The van der Waals surface area contributed by atoms with Crippen LogP contribution in [-0.2, 0) is 14.8 Å². The molecule has 0 fully saturated rings. The summed E-state index contributed by atoms with van der Waals surface area (Å²) in [7, 11) is -0.793. The van der Waals surface area contributed by atoms with Crippen LogP contribution in [0.15, 0.2) is 23.1 Å². The Bertz CT molecular complexity index is 505. The number of halogens is 1. The van der Waals surface area contributed by atoms with Gasteiger partial charge in [-0.1, -0.05) is 0 Å². The largest absolute Gasteiger partial charge is 0.398 e. The summed E-state index contributed by atoms with van der Waals surface area (Å²) in [6, 6.07) is 3.29. The Labute approximate surface area is 106 Å². The molecule has 1 rings (SSSR count). The summed E-state index contributed by atoms with van der Waals surface area (Å²) in [6.45, 7) is 0.741. The molecule has 0 amide bonds. The number of nitrogens with two attached hydrogens (primary N) is 1. The van der Waals surface area contributed by atoms with Gasteiger partial charge in [-0.25, -0.2) is 17.1 Å². The number of nitrogens with zero attached hydrogens (tertiary/aromatic N) is 1. The van der Waals surface area contributed by atoms with E-state index < -0.39 is 15.8 Å². The SMILES string of the molecule is COCCCN(C)S(=O)(=O)c1cc(F)ccc1N. The van der Waals surface area contributed by atoms with Gasteiger partial charge in [-0.2, -0.15) is 0 Å². The van der Waals surface area contributed by atoms with Crippen LogP contribution >= 0.6 is 0 Å². The minimum Gasteiger partial charge on any atom is -0.398 e. The van der Waals surface area contributed by atoms with Gasteiger partial charge in [0.05, 0.1) is 5.69 Å². The molecule has 1 aromatic carbocycles. The number of methoxy groups -OCH3 is 1. The lowest BCUT2D eigenvalue weighted by atomic mass is 10.3. The van der Waals surface area contributed by atoms with E-state index >= 15 is 0 Å². The Balaban J connectivity index is 2.95. The Kier molecular flexibility index (Phi) is 5.06. The van der Waals surface area contributed by atoms with Crippen LogP contribution in [0.2, 0.25) is 0 Å². The first-order chi connectivity index (χ1) is 8.39. The van der Waals surface area contributed by atoms with Crippen molar-refractivity contribution in [2.45, 2.75) is 11.3 Å². The molecule has 0 saturated carbocycles. The van der Waals surface area contributed by atoms with Gasteiger partial charge in [-0.15, -0.1) is 0 Å². The summed E-state index contributed by atoms with van der Waals surface area (Å²) < 4.78 is 43.3. The van der Waals surface area contributed by atoms with E-state index in [0.29, 0.717) is 13.0 Å². The van der Waals surface area contributed by atoms with E-state index in [9.17, 15) is 12.8 Å². The zero-order valence-electron chi connectivity index (χ0n) is 10.4. The second kappa shape index (κ2) is 6.12. The Morgan fingerprint density at radius 1 is 1.44 bits per heavy atom. The van der Waals surface area contributed by atoms with Crippen LogP contribution in [0.25, 0.3) is 0 Å². The number of anilines is 1. The standard InChI is InChI=1S/C11H17FN2O3S/c1-14(6-3-7-17-2)18(15,16)11-8-9(12)4-5-10(11)13/h4-5,8H,3,6-7,13H2,1-2H3. The summed E-state index contributed by atoms with van der Waals surface area (Å²) >= 11 is 0. The summed E-state index contributed by atoms with van der Waals surface area (Å²) in [5.41, 5.74) is 5.61. The third kappa shape index (κ3) is 3.41. The molecule has 0 radical (unpaired) electrons. The predicted molar refractivity (Wildman–Crippen MR) is 67.1 cm³/mol. The van der Waals surface area contributed by atoms with Crippen LogP contribution in [0.3, 0.4) is 0 Å². The molecule has 0 saturated heterocycles. The lowest BCUT2D eigenvalue weighted by Crippen LogP contribution is -2.29. The number of hydrogen-bond donors (Lipinski definition) is 1. The van der Waals surface area contributed by atoms with Crippen LogP contribution in [0.1, 0.15) is 6.42 Å². The smallest absolute Gasteiger partial charge is 0.244 e. The van der Waals surface area contributed by atoms with E-state index in [1.165, 1.54) is 13.1 Å². The van der Waals surface area contributed by atoms with Crippen LogP contribution in [0.5, 0.6) is 0 Å². The highest BCUT2D eigenvalue weighted by Crippen LogP contribution is 2.22. The molecule has 0 heterocycles. The summed E-state index contributed by atoms with van der Waals surface area (Å²) in [5.74, 6) is -0.631. The quantitative estimate of drug-likeness (QED) is 0.623. The number of nitrogen functional groups attached to an aromatic ring is 1. The zero-order chi connectivity index (χ0) is 13.8. The summed E-state index contributed by atoms with van der Waals surface area (Å²) in [5, 5.41) is 0. The molecular formula is C11H17FN2O3S. The number of rotatable bonds is 6. The number of benzene rings is 1. The normalized spacial score (nSPS) is 12.0. The Morgan fingerprint density at radius 2 is 2.11 bits per heavy atom. The van der Waals surface area contributed by atoms with Gasteiger partial charge < -0.3 is 10.5 Å². The number of sulfonamides is 1. The Morgan fingerprint density at radius 3 is 2.72 bits per heavy atom. The van der Waals surface area contributed by atoms with Gasteiger partial charge in [0.2, 0.25) is 10.0 Å². The van der Waals surface area contributed by atoms with Crippen molar-refractivity contribution >= 4 is 15.7 Å². The van der Waals surface area contributed by atoms with E-state index in [1.807, 2.05) is 0 Å². The third-order valence-electron chi connectivity index (χ3n) is 2.49. The first kappa shape index (κ1) is 14.9. The van der Waals surface area contributed by atoms with E-state index in [1.54, 1.807) is 7.11 Å². The van der Waals surface area contributed by atoms with Gasteiger partial charge in [-0.3, -0.25) is 0 Å². The monoisotopic (exact) mass is 276 g/mol. The fraction of sp³-hybridized carbons (Fsp3) is 0.455. The van der Waals surface area contributed by atoms with Crippen LogP contribution in [0.4, 0.5) is 10.1 Å². The average Bonchev–Trinajstić information content (AvgIpc) is 2.32. The molecule has 0 atom stereocenters. The predicted octanol–water partition coefficient (Wildman–Crippen LogP) is 1.06. The summed E-state index contributed by atoms with van der Waals surface area (Å²) in [6.07, 6.45) is 0.557. The second-order valence-electron chi connectivity index (χ2n) is 3.86. The lowest BCUT2D eigenvalue weighted by Gasteiger charge is -2.18. The van der Waals surface area contributed by atoms with E-state index in [-0.39, 0.29) is 17.1 Å². The lowest BCUT2D eigenvalue weighted by molar-refractivity contribution is 0.189. The molecule has 18 heavy (non-hydrogen) atoms. The average molecular weight is 276 g/mol. The first-order valence-corrected chi connectivity index (χ1v) is 6.84.